The van der Waals surface area contributed by atoms with E-state index in [1.165, 1.54) is 27.6 Å². The molecule has 4 rings (SSSR count). The lowest BCUT2D eigenvalue weighted by molar-refractivity contribution is 0.687. The second-order valence-corrected chi connectivity index (χ2v) is 7.57. The van der Waals surface area contributed by atoms with Crippen LogP contribution in [0.2, 0.25) is 0 Å². The summed E-state index contributed by atoms with van der Waals surface area (Å²) in [6.45, 7) is 7.53. The maximum atomic E-state index is 5.79. The molecule has 1 aromatic heterocycles. The van der Waals surface area contributed by atoms with Gasteiger partial charge >= 0.3 is 0 Å². The number of likely N-dealkylation sites (N-methyl/N-ethyl adjacent to an activating group) is 1. The summed E-state index contributed by atoms with van der Waals surface area (Å²) in [5.41, 5.74) is 10.8. The van der Waals surface area contributed by atoms with Crippen LogP contribution in [0.15, 0.2) is 36.4 Å². The summed E-state index contributed by atoms with van der Waals surface area (Å²) in [6.07, 6.45) is 1.79. The van der Waals surface area contributed by atoms with Crippen LogP contribution in [0.4, 0.5) is 11.5 Å². The Hall–Kier alpha value is -2.66. The molecular formula is C23H29N5. The molecule has 2 heterocycles. The number of benzene rings is 2. The van der Waals surface area contributed by atoms with Gasteiger partial charge in [0.15, 0.2) is 0 Å². The van der Waals surface area contributed by atoms with Crippen molar-refractivity contribution in [3.8, 4) is 0 Å². The summed E-state index contributed by atoms with van der Waals surface area (Å²) in [5.74, 6) is 1.97. The van der Waals surface area contributed by atoms with Crippen molar-refractivity contribution in [3.63, 3.8) is 0 Å². The van der Waals surface area contributed by atoms with Crippen LogP contribution in [0, 0.1) is 6.92 Å². The first-order chi connectivity index (χ1) is 13.6. The van der Waals surface area contributed by atoms with E-state index >= 15 is 0 Å². The third-order valence-electron chi connectivity index (χ3n) is 5.66. The smallest absolute Gasteiger partial charge is 0.135 e. The lowest BCUT2D eigenvalue weighted by atomic mass is 9.99. The van der Waals surface area contributed by atoms with Crippen LogP contribution < -0.4 is 15.5 Å². The van der Waals surface area contributed by atoms with Gasteiger partial charge in [-0.15, -0.1) is 0 Å². The fourth-order valence-corrected chi connectivity index (χ4v) is 4.21. The van der Waals surface area contributed by atoms with Crippen molar-refractivity contribution >= 4 is 22.3 Å². The van der Waals surface area contributed by atoms with E-state index in [4.69, 9.17) is 15.7 Å². The molecule has 5 nitrogen and oxygen atoms in total. The zero-order valence-corrected chi connectivity index (χ0v) is 17.1. The molecule has 0 fully saturated rings. The van der Waals surface area contributed by atoms with E-state index in [1.54, 1.807) is 0 Å². The molecule has 1 aliphatic heterocycles. The van der Waals surface area contributed by atoms with E-state index < -0.39 is 0 Å². The van der Waals surface area contributed by atoms with Gasteiger partial charge < -0.3 is 15.5 Å². The van der Waals surface area contributed by atoms with Crippen LogP contribution in [0.3, 0.4) is 0 Å². The Bertz CT molecular complexity index is 992. The molecule has 0 radical (unpaired) electrons. The third kappa shape index (κ3) is 3.31. The molecule has 146 valence electrons. The number of anilines is 2. The van der Waals surface area contributed by atoms with Gasteiger partial charge in [0.2, 0.25) is 0 Å². The number of hydrogen-bond acceptors (Lipinski definition) is 5. The number of fused-ring (bicyclic) bond motifs is 2. The molecule has 2 aromatic carbocycles. The second-order valence-electron chi connectivity index (χ2n) is 7.57. The quantitative estimate of drug-likeness (QED) is 0.740. The van der Waals surface area contributed by atoms with Gasteiger partial charge in [0.25, 0.3) is 0 Å². The molecule has 5 heteroatoms. The first-order valence-corrected chi connectivity index (χ1v) is 10.2. The van der Waals surface area contributed by atoms with Crippen molar-refractivity contribution in [2.75, 3.05) is 36.5 Å². The lowest BCUT2D eigenvalue weighted by Crippen LogP contribution is -2.35. The Labute approximate surface area is 167 Å². The lowest BCUT2D eigenvalue weighted by Gasteiger charge is -2.33. The van der Waals surface area contributed by atoms with Crippen LogP contribution in [0.5, 0.6) is 0 Å². The highest BCUT2D eigenvalue weighted by Gasteiger charge is 2.25. The molecule has 28 heavy (non-hydrogen) atoms. The maximum Gasteiger partial charge on any atom is 0.135 e. The highest BCUT2D eigenvalue weighted by molar-refractivity contribution is 5.97. The standard InChI is InChI=1S/C23H29N5/c1-4-21-25-19-15-28(13-11-18(19)23(26-21)27(3)14-12-24)20-10-6-9-17-8-5-7-16(2)22(17)20/h5-10H,4,11-15,24H2,1-3H3. The number of nitrogens with two attached hydrogens (primary N) is 1. The predicted octanol–water partition coefficient (Wildman–Crippen LogP) is 3.46. The zero-order chi connectivity index (χ0) is 19.7. The van der Waals surface area contributed by atoms with Crippen LogP contribution in [-0.4, -0.2) is 36.6 Å². The Morgan fingerprint density at radius 1 is 1.14 bits per heavy atom. The number of nitrogens with zero attached hydrogens (tertiary/aromatic N) is 4. The Morgan fingerprint density at radius 3 is 2.68 bits per heavy atom. The minimum atomic E-state index is 0.623. The Kier molecular flexibility index (Phi) is 5.18. The van der Waals surface area contributed by atoms with Crippen LogP contribution >= 0.6 is 0 Å². The summed E-state index contributed by atoms with van der Waals surface area (Å²) in [6, 6.07) is 13.1. The third-order valence-corrected chi connectivity index (χ3v) is 5.66. The zero-order valence-electron chi connectivity index (χ0n) is 17.1. The van der Waals surface area contributed by atoms with E-state index in [1.807, 2.05) is 0 Å². The van der Waals surface area contributed by atoms with E-state index in [0.29, 0.717) is 6.54 Å². The van der Waals surface area contributed by atoms with Gasteiger partial charge in [-0.3, -0.25) is 0 Å². The average molecular weight is 376 g/mol. The first-order valence-electron chi connectivity index (χ1n) is 10.2. The number of aromatic nitrogens is 2. The van der Waals surface area contributed by atoms with E-state index in [0.717, 1.165) is 49.8 Å². The van der Waals surface area contributed by atoms with Crippen molar-refractivity contribution in [3.05, 3.63) is 59.0 Å². The SMILES string of the molecule is CCc1nc2c(c(N(C)CCN)n1)CCN(c1cccc3cccc(C)c13)C2. The summed E-state index contributed by atoms with van der Waals surface area (Å²) in [7, 11) is 2.08. The summed E-state index contributed by atoms with van der Waals surface area (Å²) >= 11 is 0. The Balaban J connectivity index is 1.76. The molecule has 2 N–H and O–H groups in total. The number of rotatable bonds is 5. The molecule has 0 amide bonds. The molecule has 0 spiro atoms. The minimum absolute atomic E-state index is 0.623. The van der Waals surface area contributed by atoms with Crippen LogP contribution in [0.25, 0.3) is 10.8 Å². The summed E-state index contributed by atoms with van der Waals surface area (Å²) < 4.78 is 0. The number of hydrogen-bond donors (Lipinski definition) is 1. The van der Waals surface area contributed by atoms with E-state index in [-0.39, 0.29) is 0 Å². The van der Waals surface area contributed by atoms with Crippen LogP contribution in [-0.2, 0) is 19.4 Å². The Morgan fingerprint density at radius 2 is 1.93 bits per heavy atom. The maximum absolute atomic E-state index is 5.79. The van der Waals surface area contributed by atoms with Crippen LogP contribution in [0.1, 0.15) is 29.6 Å². The molecule has 0 aliphatic carbocycles. The van der Waals surface area contributed by atoms with Gasteiger partial charge in [0.1, 0.15) is 11.6 Å². The van der Waals surface area contributed by atoms with Crippen molar-refractivity contribution in [2.45, 2.75) is 33.2 Å². The predicted molar refractivity (Wildman–Crippen MR) is 117 cm³/mol. The molecule has 0 saturated carbocycles. The largest absolute Gasteiger partial charge is 0.365 e. The van der Waals surface area contributed by atoms with Crippen molar-refractivity contribution in [1.29, 1.82) is 0 Å². The molecule has 1 aliphatic rings. The van der Waals surface area contributed by atoms with Gasteiger partial charge in [-0.2, -0.15) is 0 Å². The topological polar surface area (TPSA) is 58.3 Å². The van der Waals surface area contributed by atoms with Gasteiger partial charge in [-0.1, -0.05) is 37.3 Å². The van der Waals surface area contributed by atoms with Gasteiger partial charge in [0, 0.05) is 49.7 Å². The fraction of sp³-hybridized carbons (Fsp3) is 0.391. The van der Waals surface area contributed by atoms with Crippen molar-refractivity contribution < 1.29 is 0 Å². The van der Waals surface area contributed by atoms with E-state index in [9.17, 15) is 0 Å². The normalized spacial score (nSPS) is 13.6. The second kappa shape index (κ2) is 7.76. The minimum Gasteiger partial charge on any atom is -0.365 e. The van der Waals surface area contributed by atoms with Crippen molar-refractivity contribution in [2.24, 2.45) is 5.73 Å². The van der Waals surface area contributed by atoms with E-state index in [2.05, 4.69) is 67.1 Å². The molecule has 0 saturated heterocycles. The average Bonchev–Trinajstić information content (AvgIpc) is 2.72. The summed E-state index contributed by atoms with van der Waals surface area (Å²) in [5, 5.41) is 2.64. The van der Waals surface area contributed by atoms with Gasteiger partial charge in [-0.25, -0.2) is 9.97 Å². The molecule has 0 atom stereocenters. The molecule has 0 unspecified atom stereocenters. The van der Waals surface area contributed by atoms with Gasteiger partial charge in [-0.05, 0) is 30.4 Å². The highest BCUT2D eigenvalue weighted by Crippen LogP contribution is 2.34. The summed E-state index contributed by atoms with van der Waals surface area (Å²) in [4.78, 5) is 14.4. The molecule has 0 bridgehead atoms. The molecular weight excluding hydrogens is 346 g/mol. The molecule has 3 aromatic rings. The highest BCUT2D eigenvalue weighted by atomic mass is 15.2. The fourth-order valence-electron chi connectivity index (χ4n) is 4.21. The van der Waals surface area contributed by atoms with Crippen molar-refractivity contribution in [1.82, 2.24) is 9.97 Å². The van der Waals surface area contributed by atoms with Gasteiger partial charge in [0.05, 0.1) is 12.2 Å². The first kappa shape index (κ1) is 18.7. The number of aryl methyl sites for hydroxylation is 2. The monoisotopic (exact) mass is 375 g/mol.